The van der Waals surface area contributed by atoms with Crippen molar-refractivity contribution < 1.29 is 13.5 Å². The fourth-order valence-electron chi connectivity index (χ4n) is 2.95. The molecule has 2 rings (SSSR count). The van der Waals surface area contributed by atoms with Gasteiger partial charge in [0.15, 0.2) is 5.96 Å². The van der Waals surface area contributed by atoms with Crippen molar-refractivity contribution in [2.24, 2.45) is 4.99 Å². The number of nitrogens with one attached hydrogen (secondary N) is 2. The monoisotopic (exact) mass is 368 g/mol. The van der Waals surface area contributed by atoms with Gasteiger partial charge in [0.1, 0.15) is 0 Å². The zero-order valence-electron chi connectivity index (χ0n) is 15.5. The highest BCUT2D eigenvalue weighted by atomic mass is 19.3. The van der Waals surface area contributed by atoms with Crippen molar-refractivity contribution in [3.63, 3.8) is 0 Å². The Balaban J connectivity index is 1.68. The second-order valence-electron chi connectivity index (χ2n) is 6.41. The van der Waals surface area contributed by atoms with Gasteiger partial charge in [0, 0.05) is 25.7 Å². The summed E-state index contributed by atoms with van der Waals surface area (Å²) in [5.41, 5.74) is 1.15. The van der Waals surface area contributed by atoms with Crippen LogP contribution in [0.4, 0.5) is 8.78 Å². The number of benzene rings is 1. The lowest BCUT2D eigenvalue weighted by molar-refractivity contribution is 0.0744. The van der Waals surface area contributed by atoms with Gasteiger partial charge in [0.05, 0.1) is 26.3 Å². The molecule has 0 radical (unpaired) electrons. The molecule has 0 atom stereocenters. The molecule has 0 amide bonds. The summed E-state index contributed by atoms with van der Waals surface area (Å²) in [6.07, 6.45) is -0.558. The molecule has 0 unspecified atom stereocenters. The van der Waals surface area contributed by atoms with Gasteiger partial charge < -0.3 is 15.4 Å². The zero-order chi connectivity index (χ0) is 18.6. The number of likely N-dealkylation sites (tertiary alicyclic amines) is 1. The van der Waals surface area contributed by atoms with E-state index in [1.807, 2.05) is 42.2 Å². The molecule has 0 bridgehead atoms. The van der Waals surface area contributed by atoms with Crippen LogP contribution < -0.4 is 10.6 Å². The molecule has 0 aromatic heterocycles. The van der Waals surface area contributed by atoms with E-state index in [4.69, 9.17) is 4.74 Å². The van der Waals surface area contributed by atoms with Crippen LogP contribution in [0.2, 0.25) is 0 Å². The smallest absolute Gasteiger partial charge is 0.251 e. The summed E-state index contributed by atoms with van der Waals surface area (Å²) < 4.78 is 30.5. The Hall–Kier alpha value is -1.73. The predicted molar refractivity (Wildman–Crippen MR) is 101 cm³/mol. The third-order valence-corrected chi connectivity index (χ3v) is 4.29. The predicted octanol–water partition coefficient (Wildman–Crippen LogP) is 2.49. The number of hydrogen-bond donors (Lipinski definition) is 2. The maximum absolute atomic E-state index is 12.4. The zero-order valence-corrected chi connectivity index (χ0v) is 15.5. The second-order valence-corrected chi connectivity index (χ2v) is 6.41. The summed E-state index contributed by atoms with van der Waals surface area (Å²) in [6.45, 7) is 5.78. The van der Waals surface area contributed by atoms with E-state index in [0.717, 1.165) is 30.9 Å². The highest BCUT2D eigenvalue weighted by molar-refractivity contribution is 5.80. The van der Waals surface area contributed by atoms with E-state index in [0.29, 0.717) is 32.8 Å². The Kier molecular flexibility index (Phi) is 9.34. The van der Waals surface area contributed by atoms with Gasteiger partial charge in [-0.1, -0.05) is 30.3 Å². The van der Waals surface area contributed by atoms with Crippen molar-refractivity contribution in [3.8, 4) is 0 Å². The van der Waals surface area contributed by atoms with Crippen molar-refractivity contribution in [1.29, 1.82) is 0 Å². The summed E-state index contributed by atoms with van der Waals surface area (Å²) in [4.78, 5) is 6.37. The maximum atomic E-state index is 12.4. The lowest BCUT2D eigenvalue weighted by Crippen LogP contribution is -2.49. The Morgan fingerprint density at radius 1 is 1.27 bits per heavy atom. The molecule has 0 saturated carbocycles. The number of hydrogen-bond acceptors (Lipinski definition) is 3. The summed E-state index contributed by atoms with van der Waals surface area (Å²) in [5.74, 6) is 0.767. The first-order chi connectivity index (χ1) is 12.7. The molecule has 2 N–H and O–H groups in total. The quantitative estimate of drug-likeness (QED) is 0.399. The molecule has 0 spiro atoms. The Morgan fingerprint density at radius 3 is 2.65 bits per heavy atom. The van der Waals surface area contributed by atoms with E-state index in [-0.39, 0.29) is 12.6 Å². The Bertz CT molecular complexity index is 520. The number of nitrogens with zero attached hydrogens (tertiary/aromatic N) is 2. The van der Waals surface area contributed by atoms with Crippen LogP contribution in [0.1, 0.15) is 25.3 Å². The van der Waals surface area contributed by atoms with Crippen LogP contribution in [-0.2, 0) is 11.3 Å². The van der Waals surface area contributed by atoms with E-state index in [2.05, 4.69) is 15.6 Å². The lowest BCUT2D eigenvalue weighted by Gasteiger charge is -2.32. The molecule has 1 aromatic rings. The van der Waals surface area contributed by atoms with E-state index >= 15 is 0 Å². The van der Waals surface area contributed by atoms with Crippen LogP contribution in [0.5, 0.6) is 0 Å². The molecular formula is C19H30F2N4O. The number of rotatable bonds is 9. The minimum Gasteiger partial charge on any atom is -0.375 e. The number of aliphatic imine (C=N–C) groups is 1. The molecule has 0 aliphatic carbocycles. The third-order valence-electron chi connectivity index (χ3n) is 4.29. The molecule has 1 aliphatic heterocycles. The third kappa shape index (κ3) is 8.10. The largest absolute Gasteiger partial charge is 0.375 e. The summed E-state index contributed by atoms with van der Waals surface area (Å²) in [7, 11) is 0. The molecule has 1 saturated heterocycles. The van der Waals surface area contributed by atoms with Gasteiger partial charge in [0.25, 0.3) is 6.43 Å². The van der Waals surface area contributed by atoms with Crippen LogP contribution in [-0.4, -0.2) is 62.7 Å². The highest BCUT2D eigenvalue weighted by Gasteiger charge is 2.21. The molecule has 26 heavy (non-hydrogen) atoms. The van der Waals surface area contributed by atoms with E-state index in [1.165, 1.54) is 0 Å². The van der Waals surface area contributed by atoms with Crippen LogP contribution in [0, 0.1) is 0 Å². The molecule has 5 nitrogen and oxygen atoms in total. The van der Waals surface area contributed by atoms with Gasteiger partial charge in [-0.3, -0.25) is 9.89 Å². The molecule has 1 aromatic carbocycles. The van der Waals surface area contributed by atoms with Crippen molar-refractivity contribution in [2.45, 2.75) is 38.8 Å². The van der Waals surface area contributed by atoms with Crippen LogP contribution in [0.15, 0.2) is 35.3 Å². The average Bonchev–Trinajstić information content (AvgIpc) is 2.63. The molecule has 1 heterocycles. The fraction of sp³-hybridized carbons (Fsp3) is 0.632. The van der Waals surface area contributed by atoms with Gasteiger partial charge in [-0.05, 0) is 25.3 Å². The number of alkyl halides is 2. The topological polar surface area (TPSA) is 48.9 Å². The van der Waals surface area contributed by atoms with Crippen LogP contribution in [0.3, 0.4) is 0 Å². The maximum Gasteiger partial charge on any atom is 0.251 e. The van der Waals surface area contributed by atoms with Gasteiger partial charge in [-0.2, -0.15) is 0 Å². The normalized spacial score (nSPS) is 16.8. The number of ether oxygens (including phenoxy) is 1. The molecule has 1 aliphatic rings. The number of halogens is 2. The summed E-state index contributed by atoms with van der Waals surface area (Å²) >= 11 is 0. The first-order valence-electron chi connectivity index (χ1n) is 9.34. The lowest BCUT2D eigenvalue weighted by atomic mass is 10.1. The summed E-state index contributed by atoms with van der Waals surface area (Å²) in [6, 6.07) is 10.3. The van der Waals surface area contributed by atoms with Gasteiger partial charge in [-0.15, -0.1) is 0 Å². The second kappa shape index (κ2) is 11.8. The van der Waals surface area contributed by atoms with E-state index < -0.39 is 6.43 Å². The first kappa shape index (κ1) is 20.6. The van der Waals surface area contributed by atoms with Gasteiger partial charge >= 0.3 is 0 Å². The Labute approximate surface area is 154 Å². The minimum absolute atomic E-state index is 0.125. The van der Waals surface area contributed by atoms with Gasteiger partial charge in [-0.25, -0.2) is 8.78 Å². The Morgan fingerprint density at radius 2 is 2.00 bits per heavy atom. The minimum atomic E-state index is -2.26. The van der Waals surface area contributed by atoms with E-state index in [1.54, 1.807) is 0 Å². The van der Waals surface area contributed by atoms with Crippen LogP contribution >= 0.6 is 0 Å². The van der Waals surface area contributed by atoms with Crippen molar-refractivity contribution in [1.82, 2.24) is 15.5 Å². The van der Waals surface area contributed by atoms with Crippen molar-refractivity contribution in [3.05, 3.63) is 35.9 Å². The first-order valence-corrected chi connectivity index (χ1v) is 9.34. The van der Waals surface area contributed by atoms with E-state index in [9.17, 15) is 8.78 Å². The van der Waals surface area contributed by atoms with Gasteiger partial charge in [0.2, 0.25) is 0 Å². The summed E-state index contributed by atoms with van der Waals surface area (Å²) in [5, 5.41) is 6.64. The number of guanidine groups is 1. The molecule has 1 fully saturated rings. The standard InChI is InChI=1S/C19H30F2N4O/c1-2-22-19(23-10-13-26-15-16-6-4-3-5-7-16)24-17-8-11-25(12-9-17)14-18(20)21/h3-7,17-18H,2,8-15H2,1H3,(H2,22,23,24). The number of piperidine rings is 1. The van der Waals surface area contributed by atoms with Crippen molar-refractivity contribution in [2.75, 3.05) is 39.3 Å². The average molecular weight is 368 g/mol. The SMILES string of the molecule is CCNC(=NCCOCc1ccccc1)NC1CCN(CC(F)F)CC1. The highest BCUT2D eigenvalue weighted by Crippen LogP contribution is 2.11. The van der Waals surface area contributed by atoms with Crippen molar-refractivity contribution >= 4 is 5.96 Å². The molecule has 7 heteroatoms. The van der Waals surface area contributed by atoms with Crippen LogP contribution in [0.25, 0.3) is 0 Å². The molecule has 146 valence electrons. The molecular weight excluding hydrogens is 338 g/mol. The fourth-order valence-corrected chi connectivity index (χ4v) is 2.95.